The van der Waals surface area contributed by atoms with Crippen molar-refractivity contribution in [1.29, 1.82) is 0 Å². The number of rotatable bonds is 1. The van der Waals surface area contributed by atoms with Gasteiger partial charge in [0.15, 0.2) is 0 Å². The Morgan fingerprint density at radius 1 is 1.05 bits per heavy atom. The van der Waals surface area contributed by atoms with E-state index in [-0.39, 0.29) is 5.91 Å². The number of hydrogen-bond acceptors (Lipinski definition) is 1. The molecule has 3 rings (SSSR count). The van der Waals surface area contributed by atoms with Crippen molar-refractivity contribution in [3.63, 3.8) is 0 Å². The van der Waals surface area contributed by atoms with E-state index in [2.05, 4.69) is 25.1 Å². The summed E-state index contributed by atoms with van der Waals surface area (Å²) >= 11 is 0. The maximum atomic E-state index is 12.9. The molecule has 0 atom stereocenters. The molecular formula is C18H19NO. The van der Waals surface area contributed by atoms with Gasteiger partial charge >= 0.3 is 0 Å². The Balaban J connectivity index is 2.02. The predicted molar refractivity (Wildman–Crippen MR) is 82.4 cm³/mol. The zero-order valence-electron chi connectivity index (χ0n) is 12.0. The van der Waals surface area contributed by atoms with Crippen LogP contribution in [-0.2, 0) is 6.42 Å². The molecule has 0 spiro atoms. The van der Waals surface area contributed by atoms with Gasteiger partial charge in [0.05, 0.1) is 0 Å². The summed E-state index contributed by atoms with van der Waals surface area (Å²) in [6, 6.07) is 14.2. The zero-order chi connectivity index (χ0) is 14.1. The molecule has 0 aliphatic carbocycles. The third-order valence-electron chi connectivity index (χ3n) is 4.19. The number of anilines is 1. The van der Waals surface area contributed by atoms with Crippen LogP contribution >= 0.6 is 0 Å². The predicted octanol–water partition coefficient (Wildman–Crippen LogP) is 3.90. The van der Waals surface area contributed by atoms with Crippen LogP contribution in [0, 0.1) is 13.8 Å². The molecule has 102 valence electrons. The second kappa shape index (κ2) is 5.12. The smallest absolute Gasteiger partial charge is 0.258 e. The first-order chi connectivity index (χ1) is 9.68. The molecule has 2 nitrogen and oxygen atoms in total. The van der Waals surface area contributed by atoms with Crippen LogP contribution in [0.3, 0.4) is 0 Å². The number of amides is 1. The first kappa shape index (κ1) is 12.9. The number of benzene rings is 2. The summed E-state index contributed by atoms with van der Waals surface area (Å²) in [5, 5.41) is 0. The fourth-order valence-corrected chi connectivity index (χ4v) is 2.87. The van der Waals surface area contributed by atoms with Crippen LogP contribution in [0.15, 0.2) is 42.5 Å². The van der Waals surface area contributed by atoms with E-state index in [1.807, 2.05) is 36.1 Å². The van der Waals surface area contributed by atoms with E-state index >= 15 is 0 Å². The molecule has 2 aromatic carbocycles. The molecule has 1 aliphatic rings. The van der Waals surface area contributed by atoms with Crippen molar-refractivity contribution < 1.29 is 4.79 Å². The molecule has 0 bridgehead atoms. The first-order valence-corrected chi connectivity index (χ1v) is 7.14. The van der Waals surface area contributed by atoms with Gasteiger partial charge in [-0.3, -0.25) is 4.79 Å². The summed E-state index contributed by atoms with van der Waals surface area (Å²) < 4.78 is 0. The van der Waals surface area contributed by atoms with Gasteiger partial charge in [-0.2, -0.15) is 0 Å². The summed E-state index contributed by atoms with van der Waals surface area (Å²) in [5.74, 6) is 0.123. The molecule has 1 amide bonds. The number of para-hydroxylation sites is 1. The van der Waals surface area contributed by atoms with Crippen LogP contribution in [-0.4, -0.2) is 12.5 Å². The van der Waals surface area contributed by atoms with Crippen LogP contribution in [0.2, 0.25) is 0 Å². The van der Waals surface area contributed by atoms with E-state index in [9.17, 15) is 4.79 Å². The highest BCUT2D eigenvalue weighted by atomic mass is 16.2. The third-order valence-corrected chi connectivity index (χ3v) is 4.19. The Bertz CT molecular complexity index is 660. The molecule has 1 aliphatic heterocycles. The van der Waals surface area contributed by atoms with Gasteiger partial charge in [-0.05, 0) is 55.5 Å². The Labute approximate surface area is 120 Å². The van der Waals surface area contributed by atoms with Gasteiger partial charge in [0, 0.05) is 17.8 Å². The average Bonchev–Trinajstić information content (AvgIpc) is 2.49. The van der Waals surface area contributed by atoms with Crippen LogP contribution in [0.5, 0.6) is 0 Å². The van der Waals surface area contributed by atoms with Gasteiger partial charge < -0.3 is 4.90 Å². The van der Waals surface area contributed by atoms with Crippen molar-refractivity contribution in [2.24, 2.45) is 0 Å². The number of hydrogen-bond donors (Lipinski definition) is 0. The lowest BCUT2D eigenvalue weighted by Gasteiger charge is -2.30. The number of nitrogens with zero attached hydrogens (tertiary/aromatic N) is 1. The quantitative estimate of drug-likeness (QED) is 0.766. The van der Waals surface area contributed by atoms with Crippen molar-refractivity contribution in [3.8, 4) is 0 Å². The molecule has 0 saturated carbocycles. The van der Waals surface area contributed by atoms with E-state index < -0.39 is 0 Å². The molecule has 0 aromatic heterocycles. The van der Waals surface area contributed by atoms with Crippen molar-refractivity contribution in [1.82, 2.24) is 0 Å². The minimum Gasteiger partial charge on any atom is -0.308 e. The normalized spacial score (nSPS) is 14.0. The van der Waals surface area contributed by atoms with Crippen LogP contribution in [0.1, 0.15) is 33.5 Å². The molecule has 2 heteroatoms. The lowest BCUT2D eigenvalue weighted by atomic mass is 9.98. The maximum Gasteiger partial charge on any atom is 0.258 e. The second-order valence-electron chi connectivity index (χ2n) is 5.44. The number of carbonyl (C=O) groups is 1. The molecule has 0 fully saturated rings. The van der Waals surface area contributed by atoms with Crippen molar-refractivity contribution >= 4 is 11.6 Å². The number of fused-ring (bicyclic) bond motifs is 1. The van der Waals surface area contributed by atoms with E-state index in [0.717, 1.165) is 36.2 Å². The number of aryl methyl sites for hydroxylation is 2. The first-order valence-electron chi connectivity index (χ1n) is 7.14. The molecule has 0 radical (unpaired) electrons. The molecular weight excluding hydrogens is 246 g/mol. The highest BCUT2D eigenvalue weighted by Gasteiger charge is 2.24. The topological polar surface area (TPSA) is 20.3 Å². The summed E-state index contributed by atoms with van der Waals surface area (Å²) in [4.78, 5) is 14.8. The molecule has 0 unspecified atom stereocenters. The number of carbonyl (C=O) groups excluding carboxylic acids is 1. The van der Waals surface area contributed by atoms with E-state index in [1.165, 1.54) is 11.1 Å². The average molecular weight is 265 g/mol. The summed E-state index contributed by atoms with van der Waals surface area (Å²) in [7, 11) is 0. The fraction of sp³-hybridized carbons (Fsp3) is 0.278. The Morgan fingerprint density at radius 3 is 2.70 bits per heavy atom. The molecule has 1 heterocycles. The minimum absolute atomic E-state index is 0.123. The zero-order valence-corrected chi connectivity index (χ0v) is 12.0. The highest BCUT2D eigenvalue weighted by molar-refractivity contribution is 6.07. The largest absolute Gasteiger partial charge is 0.308 e. The summed E-state index contributed by atoms with van der Waals surface area (Å²) in [6.07, 6.45) is 2.10. The van der Waals surface area contributed by atoms with Crippen LogP contribution in [0.4, 0.5) is 5.69 Å². The third kappa shape index (κ3) is 2.11. The van der Waals surface area contributed by atoms with E-state index in [4.69, 9.17) is 0 Å². The SMILES string of the molecule is Cc1cccc(C(=O)N2CCCc3ccccc32)c1C. The summed E-state index contributed by atoms with van der Waals surface area (Å²) in [6.45, 7) is 4.89. The van der Waals surface area contributed by atoms with Gasteiger partial charge in [0.2, 0.25) is 0 Å². The minimum atomic E-state index is 0.123. The lowest BCUT2D eigenvalue weighted by Crippen LogP contribution is -2.35. The van der Waals surface area contributed by atoms with Gasteiger partial charge in [0.1, 0.15) is 0 Å². The van der Waals surface area contributed by atoms with Gasteiger partial charge in [-0.1, -0.05) is 30.3 Å². The van der Waals surface area contributed by atoms with Crippen molar-refractivity contribution in [2.75, 3.05) is 11.4 Å². The highest BCUT2D eigenvalue weighted by Crippen LogP contribution is 2.28. The van der Waals surface area contributed by atoms with E-state index in [0.29, 0.717) is 0 Å². The summed E-state index contributed by atoms with van der Waals surface area (Å²) in [5.41, 5.74) is 5.42. The van der Waals surface area contributed by atoms with Crippen molar-refractivity contribution in [2.45, 2.75) is 26.7 Å². The monoisotopic (exact) mass is 265 g/mol. The van der Waals surface area contributed by atoms with Gasteiger partial charge in [0.25, 0.3) is 5.91 Å². The van der Waals surface area contributed by atoms with Crippen LogP contribution < -0.4 is 4.90 Å². The lowest BCUT2D eigenvalue weighted by molar-refractivity contribution is 0.0984. The molecule has 20 heavy (non-hydrogen) atoms. The fourth-order valence-electron chi connectivity index (χ4n) is 2.87. The van der Waals surface area contributed by atoms with Gasteiger partial charge in [-0.15, -0.1) is 0 Å². The van der Waals surface area contributed by atoms with Crippen molar-refractivity contribution in [3.05, 3.63) is 64.7 Å². The second-order valence-corrected chi connectivity index (χ2v) is 5.44. The Kier molecular flexibility index (Phi) is 3.31. The molecule has 0 N–H and O–H groups in total. The van der Waals surface area contributed by atoms with Gasteiger partial charge in [-0.25, -0.2) is 0 Å². The van der Waals surface area contributed by atoms with E-state index in [1.54, 1.807) is 0 Å². The Morgan fingerprint density at radius 2 is 1.85 bits per heavy atom. The Hall–Kier alpha value is -2.09. The van der Waals surface area contributed by atoms with Crippen LogP contribution in [0.25, 0.3) is 0 Å². The molecule has 0 saturated heterocycles. The molecule has 2 aromatic rings. The standard InChI is InChI=1S/C18H19NO/c1-13-7-5-10-16(14(13)2)18(20)19-12-6-9-15-8-3-4-11-17(15)19/h3-5,7-8,10-11H,6,9,12H2,1-2H3. The maximum absolute atomic E-state index is 12.9.